The minimum absolute atomic E-state index is 0.368. The molecule has 96 valence electrons. The first-order valence-corrected chi connectivity index (χ1v) is 7.19. The number of rotatable bonds is 3. The summed E-state index contributed by atoms with van der Waals surface area (Å²) in [6, 6.07) is 7.94. The van der Waals surface area contributed by atoms with Crippen LogP contribution in [-0.4, -0.2) is 12.5 Å². The van der Waals surface area contributed by atoms with Gasteiger partial charge in [-0.2, -0.15) is 0 Å². The van der Waals surface area contributed by atoms with Gasteiger partial charge < -0.3 is 4.74 Å². The van der Waals surface area contributed by atoms with Crippen LogP contribution >= 0.6 is 11.6 Å². The maximum absolute atomic E-state index is 5.87. The minimum Gasteiger partial charge on any atom is -0.493 e. The number of halogens is 1. The first-order valence-electron chi connectivity index (χ1n) is 6.66. The number of ether oxygens (including phenoxy) is 1. The van der Waals surface area contributed by atoms with Crippen LogP contribution in [0.25, 0.3) is 0 Å². The van der Waals surface area contributed by atoms with Crippen LogP contribution in [0.1, 0.15) is 37.7 Å². The first-order chi connectivity index (χ1) is 8.88. The van der Waals surface area contributed by atoms with Crippen LogP contribution in [-0.2, 0) is 0 Å². The maximum Gasteiger partial charge on any atom is 0.120 e. The van der Waals surface area contributed by atoms with Gasteiger partial charge in [0, 0.05) is 5.56 Å². The van der Waals surface area contributed by atoms with Crippen LogP contribution in [0.4, 0.5) is 0 Å². The Morgan fingerprint density at radius 1 is 1.22 bits per heavy atom. The maximum atomic E-state index is 5.87. The molecule has 0 bridgehead atoms. The van der Waals surface area contributed by atoms with Crippen LogP contribution in [0.15, 0.2) is 24.3 Å². The van der Waals surface area contributed by atoms with Crippen molar-refractivity contribution in [1.29, 1.82) is 0 Å². The minimum atomic E-state index is 0.368. The fourth-order valence-corrected chi connectivity index (χ4v) is 2.43. The van der Waals surface area contributed by atoms with Crippen molar-refractivity contribution < 1.29 is 4.74 Å². The van der Waals surface area contributed by atoms with Crippen molar-refractivity contribution >= 4 is 11.6 Å². The van der Waals surface area contributed by atoms with E-state index in [-0.39, 0.29) is 0 Å². The molecule has 1 aliphatic carbocycles. The van der Waals surface area contributed by atoms with Crippen molar-refractivity contribution in [2.75, 3.05) is 12.5 Å². The normalized spacial score (nSPS) is 15.8. The average molecular weight is 263 g/mol. The van der Waals surface area contributed by atoms with Crippen LogP contribution in [0.5, 0.6) is 5.75 Å². The summed E-state index contributed by atoms with van der Waals surface area (Å²) in [6.07, 6.45) is 6.72. The van der Waals surface area contributed by atoms with E-state index in [1.165, 1.54) is 32.1 Å². The van der Waals surface area contributed by atoms with Crippen molar-refractivity contribution in [3.63, 3.8) is 0 Å². The molecule has 1 aromatic carbocycles. The van der Waals surface area contributed by atoms with Gasteiger partial charge in [0.05, 0.1) is 12.5 Å². The van der Waals surface area contributed by atoms with Gasteiger partial charge in [-0.1, -0.05) is 37.2 Å². The largest absolute Gasteiger partial charge is 0.493 e. The summed E-state index contributed by atoms with van der Waals surface area (Å²) >= 11 is 5.55. The summed E-state index contributed by atoms with van der Waals surface area (Å²) in [5.41, 5.74) is 0.969. The zero-order valence-electron chi connectivity index (χ0n) is 10.6. The van der Waals surface area contributed by atoms with Crippen molar-refractivity contribution in [3.05, 3.63) is 29.8 Å². The van der Waals surface area contributed by atoms with Crippen molar-refractivity contribution in [2.45, 2.75) is 32.1 Å². The smallest absolute Gasteiger partial charge is 0.120 e. The topological polar surface area (TPSA) is 9.23 Å². The van der Waals surface area contributed by atoms with E-state index in [0.29, 0.717) is 5.88 Å². The van der Waals surface area contributed by atoms with Gasteiger partial charge in [-0.25, -0.2) is 0 Å². The molecule has 0 heterocycles. The van der Waals surface area contributed by atoms with Crippen LogP contribution in [0.2, 0.25) is 0 Å². The van der Waals surface area contributed by atoms with E-state index in [1.807, 2.05) is 24.3 Å². The molecule has 0 atom stereocenters. The molecule has 0 spiro atoms. The molecule has 0 saturated heterocycles. The third kappa shape index (κ3) is 4.27. The lowest BCUT2D eigenvalue weighted by molar-refractivity contribution is 0.209. The summed E-state index contributed by atoms with van der Waals surface area (Å²) in [5.74, 6) is 7.89. The zero-order chi connectivity index (χ0) is 12.6. The standard InChI is InChI=1S/C16H19ClO/c17-11-5-9-14-8-4-10-16(12-14)18-13-15-6-2-1-3-7-15/h4,8,10,12,15H,1-3,6-7,11,13H2. The third-order valence-corrected chi connectivity index (χ3v) is 3.48. The molecule has 18 heavy (non-hydrogen) atoms. The Morgan fingerprint density at radius 2 is 2.06 bits per heavy atom. The molecule has 0 aliphatic heterocycles. The Bertz CT molecular complexity index is 424. The predicted molar refractivity (Wildman–Crippen MR) is 76.1 cm³/mol. The second-order valence-electron chi connectivity index (χ2n) is 4.78. The van der Waals surface area contributed by atoms with Crippen LogP contribution < -0.4 is 4.74 Å². The average Bonchev–Trinajstić information content (AvgIpc) is 2.44. The molecule has 1 aromatic rings. The van der Waals surface area contributed by atoms with Crippen LogP contribution in [0, 0.1) is 17.8 Å². The van der Waals surface area contributed by atoms with Crippen LogP contribution in [0.3, 0.4) is 0 Å². The Balaban J connectivity index is 1.88. The van der Waals surface area contributed by atoms with Gasteiger partial charge in [-0.15, -0.1) is 11.6 Å². The van der Waals surface area contributed by atoms with E-state index in [2.05, 4.69) is 11.8 Å². The predicted octanol–water partition coefficient (Wildman–Crippen LogP) is 4.24. The molecule has 1 saturated carbocycles. The lowest BCUT2D eigenvalue weighted by Gasteiger charge is -2.21. The Morgan fingerprint density at radius 3 is 2.83 bits per heavy atom. The number of hydrogen-bond acceptors (Lipinski definition) is 1. The summed E-state index contributed by atoms with van der Waals surface area (Å²) in [4.78, 5) is 0. The van der Waals surface area contributed by atoms with Gasteiger partial charge in [-0.05, 0) is 37.0 Å². The zero-order valence-corrected chi connectivity index (χ0v) is 11.4. The summed E-state index contributed by atoms with van der Waals surface area (Å²) in [7, 11) is 0. The molecule has 0 radical (unpaired) electrons. The molecule has 2 heteroatoms. The van der Waals surface area contributed by atoms with E-state index in [1.54, 1.807) is 0 Å². The highest BCUT2D eigenvalue weighted by atomic mass is 35.5. The molecule has 1 aliphatic rings. The monoisotopic (exact) mass is 262 g/mol. The van der Waals surface area contributed by atoms with E-state index >= 15 is 0 Å². The fourth-order valence-electron chi connectivity index (χ4n) is 2.37. The number of benzene rings is 1. The van der Waals surface area contributed by atoms with Crippen molar-refractivity contribution in [1.82, 2.24) is 0 Å². The molecular formula is C16H19ClO. The molecule has 0 amide bonds. The summed E-state index contributed by atoms with van der Waals surface area (Å²) < 4.78 is 5.87. The van der Waals surface area contributed by atoms with Gasteiger partial charge >= 0.3 is 0 Å². The Kier molecular flexibility index (Phi) is 5.42. The molecular weight excluding hydrogens is 244 g/mol. The number of hydrogen-bond donors (Lipinski definition) is 0. The fraction of sp³-hybridized carbons (Fsp3) is 0.500. The van der Waals surface area contributed by atoms with Gasteiger partial charge in [0.15, 0.2) is 0 Å². The van der Waals surface area contributed by atoms with Crippen molar-refractivity contribution in [3.8, 4) is 17.6 Å². The summed E-state index contributed by atoms with van der Waals surface area (Å²) in [6.45, 7) is 0.840. The Labute approximate surface area is 114 Å². The SMILES string of the molecule is ClCC#Cc1cccc(OCC2CCCCC2)c1. The van der Waals surface area contributed by atoms with Gasteiger partial charge in [0.25, 0.3) is 0 Å². The highest BCUT2D eigenvalue weighted by Crippen LogP contribution is 2.24. The molecule has 1 nitrogen and oxygen atoms in total. The highest BCUT2D eigenvalue weighted by Gasteiger charge is 2.13. The first kappa shape index (κ1) is 13.3. The summed E-state index contributed by atoms with van der Waals surface area (Å²) in [5, 5.41) is 0. The van der Waals surface area contributed by atoms with Gasteiger partial charge in [-0.3, -0.25) is 0 Å². The Hall–Kier alpha value is -1.13. The number of alkyl halides is 1. The van der Waals surface area contributed by atoms with E-state index < -0.39 is 0 Å². The quantitative estimate of drug-likeness (QED) is 0.585. The van der Waals surface area contributed by atoms with E-state index in [0.717, 1.165) is 23.8 Å². The van der Waals surface area contributed by atoms with Crippen molar-refractivity contribution in [2.24, 2.45) is 5.92 Å². The molecule has 2 rings (SSSR count). The van der Waals surface area contributed by atoms with E-state index in [4.69, 9.17) is 16.3 Å². The lowest BCUT2D eigenvalue weighted by Crippen LogP contribution is -2.15. The second kappa shape index (κ2) is 7.34. The highest BCUT2D eigenvalue weighted by molar-refractivity contribution is 6.19. The molecule has 1 fully saturated rings. The second-order valence-corrected chi connectivity index (χ2v) is 5.05. The third-order valence-electron chi connectivity index (χ3n) is 3.34. The molecule has 0 unspecified atom stereocenters. The van der Waals surface area contributed by atoms with Gasteiger partial charge in [0.1, 0.15) is 5.75 Å². The lowest BCUT2D eigenvalue weighted by atomic mass is 9.90. The van der Waals surface area contributed by atoms with Gasteiger partial charge in [0.2, 0.25) is 0 Å². The molecule has 0 N–H and O–H groups in total. The van der Waals surface area contributed by atoms with E-state index in [9.17, 15) is 0 Å². The molecule has 0 aromatic heterocycles.